The first-order valence-corrected chi connectivity index (χ1v) is 7.79. The monoisotopic (exact) mass is 339 g/mol. The van der Waals surface area contributed by atoms with Gasteiger partial charge in [0.05, 0.1) is 4.91 Å². The van der Waals surface area contributed by atoms with Crippen LogP contribution in [0.1, 0.15) is 19.4 Å². The molecular formula is C15H14FNO3S2. The second-order valence-electron chi connectivity index (χ2n) is 5.13. The van der Waals surface area contributed by atoms with Gasteiger partial charge < -0.3 is 5.11 Å². The van der Waals surface area contributed by atoms with E-state index in [1.807, 2.05) is 0 Å². The molecule has 1 aliphatic rings. The molecule has 22 heavy (non-hydrogen) atoms. The summed E-state index contributed by atoms with van der Waals surface area (Å²) in [5.74, 6) is -2.25. The SMILES string of the molecule is CC(C)[C@H](C(=O)O)N1C(=O)/C(=C/c2cccc(F)c2)SC1=S. The summed E-state index contributed by atoms with van der Waals surface area (Å²) in [6, 6.07) is 4.79. The molecule has 1 amide bonds. The van der Waals surface area contributed by atoms with E-state index in [2.05, 4.69) is 0 Å². The molecule has 0 bridgehead atoms. The molecule has 1 aromatic rings. The Kier molecular flexibility index (Phi) is 4.97. The minimum Gasteiger partial charge on any atom is -0.480 e. The quantitative estimate of drug-likeness (QED) is 0.675. The number of carboxylic acids is 1. The number of thiocarbonyl (C=S) groups is 1. The lowest BCUT2D eigenvalue weighted by Gasteiger charge is -2.26. The summed E-state index contributed by atoms with van der Waals surface area (Å²) in [6.45, 7) is 3.43. The van der Waals surface area contributed by atoms with E-state index in [1.165, 1.54) is 24.3 Å². The van der Waals surface area contributed by atoms with Crippen LogP contribution in [0.25, 0.3) is 6.08 Å². The number of rotatable bonds is 4. The van der Waals surface area contributed by atoms with Crippen LogP contribution >= 0.6 is 24.0 Å². The van der Waals surface area contributed by atoms with Crippen LogP contribution in [0.2, 0.25) is 0 Å². The average Bonchev–Trinajstić information content (AvgIpc) is 2.66. The fourth-order valence-electron chi connectivity index (χ4n) is 2.16. The van der Waals surface area contributed by atoms with Crippen molar-refractivity contribution < 1.29 is 19.1 Å². The molecule has 0 aromatic heterocycles. The van der Waals surface area contributed by atoms with Crippen LogP contribution in [0.15, 0.2) is 29.2 Å². The van der Waals surface area contributed by atoms with E-state index >= 15 is 0 Å². The highest BCUT2D eigenvalue weighted by Gasteiger charge is 2.41. The fourth-order valence-corrected chi connectivity index (χ4v) is 3.49. The molecular weight excluding hydrogens is 325 g/mol. The summed E-state index contributed by atoms with van der Waals surface area (Å²) in [7, 11) is 0. The molecule has 4 nitrogen and oxygen atoms in total. The van der Waals surface area contributed by atoms with Crippen LogP contribution in [-0.2, 0) is 9.59 Å². The van der Waals surface area contributed by atoms with Crippen LogP contribution < -0.4 is 0 Å². The zero-order chi connectivity index (χ0) is 16.4. The van der Waals surface area contributed by atoms with E-state index < -0.39 is 23.7 Å². The van der Waals surface area contributed by atoms with Gasteiger partial charge in [0.2, 0.25) is 0 Å². The lowest BCUT2D eigenvalue weighted by molar-refractivity contribution is -0.146. The Morgan fingerprint density at radius 3 is 2.68 bits per heavy atom. The van der Waals surface area contributed by atoms with Crippen molar-refractivity contribution in [1.82, 2.24) is 4.90 Å². The molecule has 1 aliphatic heterocycles. The predicted octanol–water partition coefficient (Wildman–Crippen LogP) is 3.14. The smallest absolute Gasteiger partial charge is 0.327 e. The Balaban J connectivity index is 2.34. The third-order valence-electron chi connectivity index (χ3n) is 3.13. The van der Waals surface area contributed by atoms with Crippen molar-refractivity contribution in [3.63, 3.8) is 0 Å². The first kappa shape index (κ1) is 16.6. The largest absolute Gasteiger partial charge is 0.480 e. The van der Waals surface area contributed by atoms with E-state index in [9.17, 15) is 19.1 Å². The maximum atomic E-state index is 13.2. The van der Waals surface area contributed by atoms with Gasteiger partial charge in [-0.2, -0.15) is 0 Å². The third kappa shape index (κ3) is 3.36. The van der Waals surface area contributed by atoms with Gasteiger partial charge in [-0.3, -0.25) is 9.69 Å². The molecule has 0 spiro atoms. The van der Waals surface area contributed by atoms with E-state index in [1.54, 1.807) is 19.9 Å². The highest BCUT2D eigenvalue weighted by molar-refractivity contribution is 8.26. The normalized spacial score (nSPS) is 18.4. The Morgan fingerprint density at radius 2 is 2.14 bits per heavy atom. The number of carbonyl (C=O) groups excluding carboxylic acids is 1. The molecule has 2 rings (SSSR count). The van der Waals surface area contributed by atoms with Gasteiger partial charge in [-0.15, -0.1) is 0 Å². The molecule has 1 atom stereocenters. The van der Waals surface area contributed by atoms with Crippen molar-refractivity contribution in [2.75, 3.05) is 0 Å². The van der Waals surface area contributed by atoms with Crippen LogP contribution in [0.4, 0.5) is 4.39 Å². The van der Waals surface area contributed by atoms with Crippen molar-refractivity contribution in [2.45, 2.75) is 19.9 Å². The van der Waals surface area contributed by atoms with Gasteiger partial charge in [-0.1, -0.05) is 50.0 Å². The summed E-state index contributed by atoms with van der Waals surface area (Å²) in [5, 5.41) is 9.32. The summed E-state index contributed by atoms with van der Waals surface area (Å²) in [4.78, 5) is 25.3. The van der Waals surface area contributed by atoms with E-state index in [0.717, 1.165) is 16.7 Å². The second-order valence-corrected chi connectivity index (χ2v) is 6.81. The van der Waals surface area contributed by atoms with Crippen molar-refractivity contribution in [1.29, 1.82) is 0 Å². The van der Waals surface area contributed by atoms with E-state index in [0.29, 0.717) is 10.5 Å². The molecule has 1 saturated heterocycles. The zero-order valence-corrected chi connectivity index (χ0v) is 13.6. The van der Waals surface area contributed by atoms with Crippen molar-refractivity contribution in [3.05, 3.63) is 40.6 Å². The Morgan fingerprint density at radius 1 is 1.45 bits per heavy atom. The Hall–Kier alpha value is -1.73. The van der Waals surface area contributed by atoms with Crippen molar-refractivity contribution >= 4 is 46.3 Å². The number of hydrogen-bond donors (Lipinski definition) is 1. The van der Waals surface area contributed by atoms with Gasteiger partial charge in [-0.25, -0.2) is 9.18 Å². The number of benzene rings is 1. The standard InChI is InChI=1S/C15H14FNO3S2/c1-8(2)12(14(19)20)17-13(18)11(22-15(17)21)7-9-4-3-5-10(16)6-9/h3-8,12H,1-2H3,(H,19,20)/b11-7-/t12-/m1/s1. The molecule has 116 valence electrons. The van der Waals surface area contributed by atoms with Gasteiger partial charge in [0.25, 0.3) is 5.91 Å². The van der Waals surface area contributed by atoms with Crippen LogP contribution in [0.3, 0.4) is 0 Å². The lowest BCUT2D eigenvalue weighted by atomic mass is 10.0. The fraction of sp³-hybridized carbons (Fsp3) is 0.267. The van der Waals surface area contributed by atoms with Crippen LogP contribution in [0, 0.1) is 11.7 Å². The molecule has 0 saturated carbocycles. The second kappa shape index (κ2) is 6.58. The number of nitrogens with zero attached hydrogens (tertiary/aromatic N) is 1. The van der Waals surface area contributed by atoms with Crippen LogP contribution in [-0.4, -0.2) is 32.2 Å². The first-order valence-electron chi connectivity index (χ1n) is 6.56. The zero-order valence-electron chi connectivity index (χ0n) is 11.9. The minimum absolute atomic E-state index is 0.203. The van der Waals surface area contributed by atoms with E-state index in [4.69, 9.17) is 12.2 Å². The van der Waals surface area contributed by atoms with Gasteiger partial charge >= 0.3 is 5.97 Å². The highest BCUT2D eigenvalue weighted by Crippen LogP contribution is 2.35. The summed E-state index contributed by atoms with van der Waals surface area (Å²) >= 11 is 6.17. The number of aliphatic carboxylic acids is 1. The lowest BCUT2D eigenvalue weighted by Crippen LogP contribution is -2.47. The number of carboxylic acid groups (broad SMARTS) is 1. The molecule has 0 unspecified atom stereocenters. The highest BCUT2D eigenvalue weighted by atomic mass is 32.2. The molecule has 1 N–H and O–H groups in total. The summed E-state index contributed by atoms with van der Waals surface area (Å²) < 4.78 is 13.4. The Bertz CT molecular complexity index is 673. The van der Waals surface area contributed by atoms with Crippen molar-refractivity contribution in [3.8, 4) is 0 Å². The molecule has 0 aliphatic carbocycles. The molecule has 1 heterocycles. The molecule has 1 fully saturated rings. The predicted molar refractivity (Wildman–Crippen MR) is 87.7 cm³/mol. The molecule has 0 radical (unpaired) electrons. The average molecular weight is 339 g/mol. The number of hydrogen-bond acceptors (Lipinski definition) is 4. The summed E-state index contributed by atoms with van der Waals surface area (Å²) in [5.41, 5.74) is 0.525. The van der Waals surface area contributed by atoms with Gasteiger partial charge in [0.15, 0.2) is 0 Å². The topological polar surface area (TPSA) is 57.6 Å². The number of halogens is 1. The number of thioether (sulfide) groups is 1. The van der Waals surface area contributed by atoms with Gasteiger partial charge in [0.1, 0.15) is 16.2 Å². The minimum atomic E-state index is -1.10. The molecule has 7 heteroatoms. The van der Waals surface area contributed by atoms with Crippen LogP contribution in [0.5, 0.6) is 0 Å². The maximum absolute atomic E-state index is 13.2. The molecule has 1 aromatic carbocycles. The van der Waals surface area contributed by atoms with Gasteiger partial charge in [-0.05, 0) is 29.7 Å². The van der Waals surface area contributed by atoms with E-state index in [-0.39, 0.29) is 10.2 Å². The first-order chi connectivity index (χ1) is 10.3. The van der Waals surface area contributed by atoms with Crippen molar-refractivity contribution in [2.24, 2.45) is 5.92 Å². The summed E-state index contributed by atoms with van der Waals surface area (Å²) in [6.07, 6.45) is 1.52. The third-order valence-corrected chi connectivity index (χ3v) is 4.46. The number of amides is 1. The maximum Gasteiger partial charge on any atom is 0.327 e. The van der Waals surface area contributed by atoms with Gasteiger partial charge in [0, 0.05) is 0 Å². The number of carbonyl (C=O) groups is 2. The Labute approximate surface area is 137 Å².